The number of rotatable bonds is 2. The lowest BCUT2D eigenvalue weighted by molar-refractivity contribution is 0.112. The van der Waals surface area contributed by atoms with Crippen LogP contribution in [0.5, 0.6) is 0 Å². The normalized spacial score (nSPS) is 27.1. The standard InChI is InChI=1S/C15H18BrNO/c16-13-6-7-15(12(9-13)10-18)17-8-2-4-11-3-1-5-14(11)17/h6-7,9-11,14H,1-5,8H2. The Balaban J connectivity index is 1.95. The number of aldehydes is 1. The van der Waals surface area contributed by atoms with Crippen molar-refractivity contribution < 1.29 is 4.79 Å². The smallest absolute Gasteiger partial charge is 0.152 e. The van der Waals surface area contributed by atoms with Gasteiger partial charge in [-0.1, -0.05) is 22.4 Å². The molecule has 2 nitrogen and oxygen atoms in total. The minimum absolute atomic E-state index is 0.665. The fourth-order valence-corrected chi connectivity index (χ4v) is 4.01. The van der Waals surface area contributed by atoms with E-state index in [1.165, 1.54) is 32.1 Å². The van der Waals surface area contributed by atoms with E-state index in [4.69, 9.17) is 0 Å². The molecule has 0 aromatic heterocycles. The Morgan fingerprint density at radius 1 is 1.22 bits per heavy atom. The first-order valence-corrected chi connectivity index (χ1v) is 7.60. The summed E-state index contributed by atoms with van der Waals surface area (Å²) in [4.78, 5) is 13.8. The second kappa shape index (κ2) is 5.04. The first kappa shape index (κ1) is 12.2. The largest absolute Gasteiger partial charge is 0.368 e. The Labute approximate surface area is 116 Å². The molecule has 1 heterocycles. The van der Waals surface area contributed by atoms with Crippen LogP contribution in [-0.2, 0) is 0 Å². The number of piperidine rings is 1. The maximum Gasteiger partial charge on any atom is 0.152 e. The molecule has 18 heavy (non-hydrogen) atoms. The third-order valence-electron chi connectivity index (χ3n) is 4.42. The van der Waals surface area contributed by atoms with Crippen LogP contribution >= 0.6 is 15.9 Å². The van der Waals surface area contributed by atoms with Gasteiger partial charge in [0.2, 0.25) is 0 Å². The number of hydrogen-bond donors (Lipinski definition) is 0. The SMILES string of the molecule is O=Cc1cc(Br)ccc1N1CCCC2CCCC21. The highest BCUT2D eigenvalue weighted by molar-refractivity contribution is 9.10. The number of hydrogen-bond acceptors (Lipinski definition) is 2. The highest BCUT2D eigenvalue weighted by atomic mass is 79.9. The summed E-state index contributed by atoms with van der Waals surface area (Å²) in [6.45, 7) is 1.10. The number of benzene rings is 1. The molecule has 0 amide bonds. The molecular weight excluding hydrogens is 290 g/mol. The molecule has 1 aromatic rings. The Hall–Kier alpha value is -0.830. The molecule has 1 aliphatic heterocycles. The zero-order chi connectivity index (χ0) is 12.5. The quantitative estimate of drug-likeness (QED) is 0.769. The third kappa shape index (κ3) is 2.09. The molecule has 3 heteroatoms. The number of carbonyl (C=O) groups is 1. The van der Waals surface area contributed by atoms with Gasteiger partial charge in [0.1, 0.15) is 0 Å². The molecule has 2 aliphatic rings. The van der Waals surface area contributed by atoms with Crippen molar-refractivity contribution in [2.75, 3.05) is 11.4 Å². The lowest BCUT2D eigenvalue weighted by Crippen LogP contribution is -2.43. The minimum Gasteiger partial charge on any atom is -0.368 e. The Morgan fingerprint density at radius 3 is 2.89 bits per heavy atom. The van der Waals surface area contributed by atoms with E-state index in [9.17, 15) is 4.79 Å². The summed E-state index contributed by atoms with van der Waals surface area (Å²) in [7, 11) is 0. The van der Waals surface area contributed by atoms with Gasteiger partial charge in [-0.3, -0.25) is 4.79 Å². The van der Waals surface area contributed by atoms with Crippen LogP contribution in [0.15, 0.2) is 22.7 Å². The molecule has 0 N–H and O–H groups in total. The zero-order valence-corrected chi connectivity index (χ0v) is 12.0. The van der Waals surface area contributed by atoms with Crippen LogP contribution in [0.1, 0.15) is 42.5 Å². The van der Waals surface area contributed by atoms with Crippen LogP contribution in [0.3, 0.4) is 0 Å². The maximum atomic E-state index is 11.3. The van der Waals surface area contributed by atoms with Crippen LogP contribution in [0.25, 0.3) is 0 Å². The molecule has 0 radical (unpaired) electrons. The molecule has 3 rings (SSSR count). The predicted octanol–water partition coefficient (Wildman–Crippen LogP) is 4.03. The van der Waals surface area contributed by atoms with E-state index in [0.29, 0.717) is 6.04 Å². The molecule has 2 fully saturated rings. The highest BCUT2D eigenvalue weighted by Gasteiger charge is 2.35. The predicted molar refractivity (Wildman–Crippen MR) is 77.2 cm³/mol. The van der Waals surface area contributed by atoms with Crippen molar-refractivity contribution in [2.24, 2.45) is 5.92 Å². The molecule has 2 unspecified atom stereocenters. The van der Waals surface area contributed by atoms with E-state index >= 15 is 0 Å². The van der Waals surface area contributed by atoms with E-state index in [1.807, 2.05) is 12.1 Å². The van der Waals surface area contributed by atoms with Crippen LogP contribution in [-0.4, -0.2) is 18.9 Å². The number of fused-ring (bicyclic) bond motifs is 1. The summed E-state index contributed by atoms with van der Waals surface area (Å²) < 4.78 is 0.980. The average Bonchev–Trinajstić information content (AvgIpc) is 2.86. The van der Waals surface area contributed by atoms with Gasteiger partial charge in [-0.05, 0) is 49.8 Å². The van der Waals surface area contributed by atoms with Crippen molar-refractivity contribution in [2.45, 2.75) is 38.1 Å². The van der Waals surface area contributed by atoms with Crippen LogP contribution in [0.4, 0.5) is 5.69 Å². The number of nitrogens with zero attached hydrogens (tertiary/aromatic N) is 1. The summed E-state index contributed by atoms with van der Waals surface area (Å²) >= 11 is 3.44. The molecule has 1 saturated carbocycles. The molecule has 2 atom stereocenters. The summed E-state index contributed by atoms with van der Waals surface area (Å²) in [5, 5.41) is 0. The number of anilines is 1. The second-order valence-corrected chi connectivity index (χ2v) is 6.33. The van der Waals surface area contributed by atoms with Crippen molar-refractivity contribution in [3.05, 3.63) is 28.2 Å². The summed E-state index contributed by atoms with van der Waals surface area (Å²) in [5.74, 6) is 0.849. The van der Waals surface area contributed by atoms with Crippen molar-refractivity contribution in [3.8, 4) is 0 Å². The van der Waals surface area contributed by atoms with Gasteiger partial charge in [-0.2, -0.15) is 0 Å². The Kier molecular flexibility index (Phi) is 3.42. The molecule has 0 spiro atoms. The van der Waals surface area contributed by atoms with Gasteiger partial charge in [-0.25, -0.2) is 0 Å². The van der Waals surface area contributed by atoms with Crippen LogP contribution in [0.2, 0.25) is 0 Å². The van der Waals surface area contributed by atoms with Gasteiger partial charge in [0, 0.05) is 28.3 Å². The molecule has 1 aliphatic carbocycles. The van der Waals surface area contributed by atoms with Gasteiger partial charge in [-0.15, -0.1) is 0 Å². The molecule has 1 saturated heterocycles. The van der Waals surface area contributed by atoms with Gasteiger partial charge >= 0.3 is 0 Å². The van der Waals surface area contributed by atoms with Crippen molar-refractivity contribution in [3.63, 3.8) is 0 Å². The Morgan fingerprint density at radius 2 is 2.06 bits per heavy atom. The van der Waals surface area contributed by atoms with Crippen LogP contribution in [0, 0.1) is 5.92 Å². The second-order valence-electron chi connectivity index (χ2n) is 5.41. The number of carbonyl (C=O) groups excluding carboxylic acids is 1. The monoisotopic (exact) mass is 307 g/mol. The van der Waals surface area contributed by atoms with Gasteiger partial charge < -0.3 is 4.90 Å². The van der Waals surface area contributed by atoms with Gasteiger partial charge in [0.05, 0.1) is 0 Å². The van der Waals surface area contributed by atoms with Crippen molar-refractivity contribution in [1.82, 2.24) is 0 Å². The van der Waals surface area contributed by atoms with E-state index in [-0.39, 0.29) is 0 Å². The summed E-state index contributed by atoms with van der Waals surface area (Å²) in [5.41, 5.74) is 1.95. The minimum atomic E-state index is 0.665. The zero-order valence-electron chi connectivity index (χ0n) is 10.4. The van der Waals surface area contributed by atoms with Crippen LogP contribution < -0.4 is 4.90 Å². The van der Waals surface area contributed by atoms with E-state index < -0.39 is 0 Å². The molecule has 1 aromatic carbocycles. The maximum absolute atomic E-state index is 11.3. The van der Waals surface area contributed by atoms with Gasteiger partial charge in [0.15, 0.2) is 6.29 Å². The topological polar surface area (TPSA) is 20.3 Å². The fraction of sp³-hybridized carbons (Fsp3) is 0.533. The average molecular weight is 308 g/mol. The Bertz CT molecular complexity index is 460. The molecular formula is C15H18BrNO. The first-order chi connectivity index (χ1) is 8.79. The summed E-state index contributed by atoms with van der Waals surface area (Å²) in [6, 6.07) is 6.73. The molecule has 96 valence electrons. The van der Waals surface area contributed by atoms with E-state index in [2.05, 4.69) is 26.9 Å². The van der Waals surface area contributed by atoms with Crippen molar-refractivity contribution in [1.29, 1.82) is 0 Å². The van der Waals surface area contributed by atoms with Crippen molar-refractivity contribution >= 4 is 27.9 Å². The highest BCUT2D eigenvalue weighted by Crippen LogP contribution is 2.40. The number of halogens is 1. The first-order valence-electron chi connectivity index (χ1n) is 6.81. The lowest BCUT2D eigenvalue weighted by Gasteiger charge is -2.40. The van der Waals surface area contributed by atoms with Gasteiger partial charge in [0.25, 0.3) is 0 Å². The fourth-order valence-electron chi connectivity index (χ4n) is 3.63. The van der Waals surface area contributed by atoms with E-state index in [0.717, 1.165) is 34.5 Å². The lowest BCUT2D eigenvalue weighted by atomic mass is 9.91. The third-order valence-corrected chi connectivity index (χ3v) is 4.91. The van der Waals surface area contributed by atoms with E-state index in [1.54, 1.807) is 0 Å². The summed E-state index contributed by atoms with van der Waals surface area (Å²) in [6.07, 6.45) is 7.62. The molecule has 0 bridgehead atoms.